The third-order valence-electron chi connectivity index (χ3n) is 17.0. The summed E-state index contributed by atoms with van der Waals surface area (Å²) in [6, 6.07) is 0. The van der Waals surface area contributed by atoms with Crippen LogP contribution in [0.4, 0.5) is 0 Å². The molecule has 0 aliphatic heterocycles. The van der Waals surface area contributed by atoms with Crippen molar-refractivity contribution >= 4 is 0 Å². The van der Waals surface area contributed by atoms with Gasteiger partial charge in [-0.1, -0.05) is 116 Å². The first-order valence-electron chi connectivity index (χ1n) is 26.8. The first-order chi connectivity index (χ1) is 31.6. The van der Waals surface area contributed by atoms with Gasteiger partial charge in [-0.25, -0.2) is 0 Å². The van der Waals surface area contributed by atoms with Crippen molar-refractivity contribution in [3.63, 3.8) is 0 Å². The predicted octanol–water partition coefficient (Wildman–Crippen LogP) is 11.1. The Labute approximate surface area is 408 Å². The Morgan fingerprint density at radius 3 is 1.43 bits per heavy atom. The minimum atomic E-state index is -1.01. The molecule has 0 aromatic rings. The van der Waals surface area contributed by atoms with Gasteiger partial charge in [0.1, 0.15) is 19.0 Å². The molecule has 386 valence electrons. The summed E-state index contributed by atoms with van der Waals surface area (Å²) in [5.41, 5.74) is 5.58. The molecule has 0 heterocycles. The zero-order valence-electron chi connectivity index (χ0n) is 44.0. The molecule has 9 heteroatoms. The molecule has 0 radical (unpaired) electrons. The number of aliphatic hydroxyl groups excluding tert-OH is 6. The van der Waals surface area contributed by atoms with Crippen LogP contribution in [0.1, 0.15) is 198 Å². The molecule has 0 aromatic heterocycles. The molecule has 0 saturated heterocycles. The Morgan fingerprint density at radius 2 is 1.03 bits per heavy atom. The van der Waals surface area contributed by atoms with Crippen molar-refractivity contribution < 1.29 is 45.6 Å². The maximum Gasteiger partial charge on any atom is 0.144 e. The summed E-state index contributed by atoms with van der Waals surface area (Å²) < 4.78 is 5.10. The number of ether oxygens (including phenoxy) is 1. The van der Waals surface area contributed by atoms with Gasteiger partial charge in [-0.3, -0.25) is 0 Å². The summed E-state index contributed by atoms with van der Waals surface area (Å²) in [5.74, 6) is 2.19. The maximum atomic E-state index is 10.5. The van der Waals surface area contributed by atoms with Crippen molar-refractivity contribution in [3.8, 4) is 0 Å². The van der Waals surface area contributed by atoms with Gasteiger partial charge in [-0.2, -0.15) is 0 Å². The van der Waals surface area contributed by atoms with Gasteiger partial charge in [0.2, 0.25) is 0 Å². The third-order valence-corrected chi connectivity index (χ3v) is 17.0. The normalized spacial score (nSPS) is 36.7. The minimum Gasteiger partial charge on any atom is -0.396 e. The average Bonchev–Trinajstić information content (AvgIpc) is 3.81. The third kappa shape index (κ3) is 15.8. The molecule has 6 fully saturated rings. The second-order valence-corrected chi connectivity index (χ2v) is 22.4. The molecule has 4 unspecified atom stereocenters. The van der Waals surface area contributed by atoms with E-state index in [0.717, 1.165) is 61.5 Å². The summed E-state index contributed by atoms with van der Waals surface area (Å²) in [6.07, 6.45) is 26.2. The maximum absolute atomic E-state index is 10.5. The second-order valence-electron chi connectivity index (χ2n) is 22.4. The van der Waals surface area contributed by atoms with E-state index in [1.165, 1.54) is 88.2 Å². The largest absolute Gasteiger partial charge is 0.396 e. The zero-order valence-corrected chi connectivity index (χ0v) is 44.0. The number of rotatable bonds is 15. The molecule has 0 amide bonds. The van der Waals surface area contributed by atoms with Crippen molar-refractivity contribution in [2.75, 3.05) is 13.4 Å². The highest BCUT2D eigenvalue weighted by atomic mass is 16.6. The topological polar surface area (TPSA) is 171 Å². The summed E-state index contributed by atoms with van der Waals surface area (Å²) in [7, 11) is 0. The summed E-state index contributed by atoms with van der Waals surface area (Å²) >= 11 is 0. The van der Waals surface area contributed by atoms with Crippen LogP contribution in [0.15, 0.2) is 70.9 Å². The van der Waals surface area contributed by atoms with E-state index in [2.05, 4.69) is 45.2 Å². The predicted molar refractivity (Wildman–Crippen MR) is 275 cm³/mol. The van der Waals surface area contributed by atoms with E-state index in [-0.39, 0.29) is 6.61 Å². The van der Waals surface area contributed by atoms with Gasteiger partial charge < -0.3 is 45.6 Å². The van der Waals surface area contributed by atoms with Gasteiger partial charge in [0.25, 0.3) is 0 Å². The Bertz CT molecular complexity index is 1660. The van der Waals surface area contributed by atoms with E-state index in [4.69, 9.17) is 9.84 Å². The number of allylic oxidation sites excluding steroid dienone is 6. The van der Waals surface area contributed by atoms with Crippen molar-refractivity contribution in [1.82, 2.24) is 0 Å². The molecule has 8 N–H and O–H groups in total. The molecule has 0 aromatic carbocycles. The first-order valence-corrected chi connectivity index (χ1v) is 26.8. The summed E-state index contributed by atoms with van der Waals surface area (Å²) in [6.45, 7) is 27.9. The fraction of sp³-hybridized carbons (Fsp3) is 0.793. The van der Waals surface area contributed by atoms with Crippen LogP contribution >= 0.6 is 0 Å². The van der Waals surface area contributed by atoms with E-state index in [0.29, 0.717) is 46.7 Å². The molecule has 6 rings (SSSR count). The van der Waals surface area contributed by atoms with Crippen LogP contribution in [-0.2, 0) is 4.74 Å². The van der Waals surface area contributed by atoms with Gasteiger partial charge in [-0.05, 0) is 181 Å². The van der Waals surface area contributed by atoms with Crippen molar-refractivity contribution in [3.05, 3.63) is 70.9 Å². The fourth-order valence-corrected chi connectivity index (χ4v) is 13.1. The average molecular weight is 941 g/mol. The molecule has 0 spiro atoms. The lowest BCUT2D eigenvalue weighted by Crippen LogP contribution is -2.45. The lowest BCUT2D eigenvalue weighted by molar-refractivity contribution is -0.138. The van der Waals surface area contributed by atoms with Crippen LogP contribution in [0.5, 0.6) is 0 Å². The molecular formula is C58H100O9. The van der Waals surface area contributed by atoms with Gasteiger partial charge >= 0.3 is 0 Å². The highest BCUT2D eigenvalue weighted by Gasteiger charge is 2.50. The van der Waals surface area contributed by atoms with E-state index in [1.807, 2.05) is 61.5 Å². The molecular weight excluding hydrogens is 841 g/mol. The van der Waals surface area contributed by atoms with Crippen molar-refractivity contribution in [2.45, 2.75) is 239 Å². The van der Waals surface area contributed by atoms with Gasteiger partial charge in [0.15, 0.2) is 0 Å². The van der Waals surface area contributed by atoms with Crippen molar-refractivity contribution in [1.29, 1.82) is 0 Å². The second kappa shape index (κ2) is 27.1. The Balaban J connectivity index is 0.000000331. The number of fused-ring (bicyclic) bond motifs is 2. The summed E-state index contributed by atoms with van der Waals surface area (Å²) in [5, 5.41) is 79.9. The number of unbranched alkanes of at least 4 members (excludes halogenated alkanes) is 2. The Morgan fingerprint density at radius 1 is 0.612 bits per heavy atom. The van der Waals surface area contributed by atoms with Crippen LogP contribution in [0, 0.1) is 40.4 Å². The molecule has 0 bridgehead atoms. The van der Waals surface area contributed by atoms with Crippen LogP contribution in [0.25, 0.3) is 0 Å². The van der Waals surface area contributed by atoms with E-state index >= 15 is 0 Å². The zero-order chi connectivity index (χ0) is 50.3. The van der Waals surface area contributed by atoms with Crippen LogP contribution in [-0.4, -0.2) is 96.0 Å². The van der Waals surface area contributed by atoms with Gasteiger partial charge in [0.05, 0.1) is 36.1 Å². The standard InChI is InChI=1S/C27H44O5.C27H44O4.2C2H6/c1-18-20(16-23(29)25(24(18)30)32-17-28)11-10-19-8-7-15-27(4)21(12-13-22(19)27)9-5-6-14-26(2,3)31;1-18-20(16-24(29)22(17-28)25(18)30)11-10-19-8-7-15-27(4)21(12-13-23(19)27)9-5-6-14-26(2,3)31;2*1-2/h10-11,21-25,28-31H,1,5-9,12-17H2,2-4H3;10-11,21-25,28-31H,1,5-9,12-17H2,2-4H3;2*1-2H3/b2*19-10+,20-11-;;/t21-,22?,23+,24+,25+,27?;21-,22+,23?,24+,25+,27?;;/m00../s1. The molecule has 6 aliphatic rings. The monoisotopic (exact) mass is 941 g/mol. The number of hydrogen-bond donors (Lipinski definition) is 8. The van der Waals surface area contributed by atoms with Crippen LogP contribution in [0.2, 0.25) is 0 Å². The fourth-order valence-electron chi connectivity index (χ4n) is 13.1. The number of aliphatic hydroxyl groups is 8. The lowest BCUT2D eigenvalue weighted by Gasteiger charge is -2.42. The van der Waals surface area contributed by atoms with Gasteiger partial charge in [0, 0.05) is 12.3 Å². The molecule has 12 atom stereocenters. The van der Waals surface area contributed by atoms with E-state index < -0.39 is 54.4 Å². The number of hydrogen-bond acceptors (Lipinski definition) is 9. The molecule has 6 saturated carbocycles. The van der Waals surface area contributed by atoms with E-state index in [1.54, 1.807) is 0 Å². The quantitative estimate of drug-likeness (QED) is 0.0588. The highest BCUT2D eigenvalue weighted by Crippen LogP contribution is 2.60. The van der Waals surface area contributed by atoms with Crippen LogP contribution < -0.4 is 0 Å². The van der Waals surface area contributed by atoms with Crippen molar-refractivity contribution in [2.24, 2.45) is 40.4 Å². The van der Waals surface area contributed by atoms with Gasteiger partial charge in [-0.15, -0.1) is 0 Å². The SMILES string of the molecule is C=C1/C(=C\C=C2/CCCC3(C)C2CC[C@@H]3CCCCC(C)(C)O)C[C@@H](O)[C@@H](CO)[C@@H]1O.C=C1/C(=C\C=C2/CCCC3(C)C2CC[C@@H]3CCCCC(C)(C)O)C[C@@H](O)[C@@H](OCO)[C@@H]1O.CC.CC. The van der Waals surface area contributed by atoms with Crippen LogP contribution in [0.3, 0.4) is 0 Å². The molecule has 67 heavy (non-hydrogen) atoms. The summed E-state index contributed by atoms with van der Waals surface area (Å²) in [4.78, 5) is 0. The molecule has 6 aliphatic carbocycles. The lowest BCUT2D eigenvalue weighted by atomic mass is 9.62. The highest BCUT2D eigenvalue weighted by molar-refractivity contribution is 5.41. The van der Waals surface area contributed by atoms with E-state index in [9.17, 15) is 35.7 Å². The minimum absolute atomic E-state index is 0.229. The molecule has 9 nitrogen and oxygen atoms in total. The smallest absolute Gasteiger partial charge is 0.144 e. The Hall–Kier alpha value is -1.92. The Kier molecular flexibility index (Phi) is 24.0. The first kappa shape index (κ1) is 59.4.